The molecule has 1 atom stereocenters. The number of aliphatic hydroxyl groups is 1. The van der Waals surface area contributed by atoms with E-state index in [4.69, 9.17) is 15.1 Å². The number of nitrogens with zero attached hydrogens (tertiary/aromatic N) is 4. The largest absolute Gasteiger partial charge is 0.488 e. The van der Waals surface area contributed by atoms with Crippen molar-refractivity contribution in [2.75, 3.05) is 0 Å². The number of hydrogen-bond acceptors (Lipinski definition) is 5. The van der Waals surface area contributed by atoms with Crippen molar-refractivity contribution in [2.24, 2.45) is 0 Å². The molecule has 6 nitrogen and oxygen atoms in total. The smallest absolute Gasteiger partial charge is 0.123 e. The second kappa shape index (κ2) is 4.71. The maximum atomic E-state index is 8.93. The van der Waals surface area contributed by atoms with Crippen LogP contribution in [0.5, 0.6) is 5.75 Å². The van der Waals surface area contributed by atoms with E-state index in [0.717, 1.165) is 17.7 Å². The highest BCUT2D eigenvalue weighted by atomic mass is 16.5. The van der Waals surface area contributed by atoms with Crippen LogP contribution in [-0.2, 0) is 19.6 Å². The minimum atomic E-state index is -0.114. The fourth-order valence-corrected chi connectivity index (χ4v) is 2.20. The third-order valence-electron chi connectivity index (χ3n) is 3.07. The van der Waals surface area contributed by atoms with Crippen molar-refractivity contribution in [3.05, 3.63) is 41.2 Å². The summed E-state index contributed by atoms with van der Waals surface area (Å²) >= 11 is 0. The average Bonchev–Trinajstić information content (AvgIpc) is 3.03. The Kier molecular flexibility index (Phi) is 2.89. The van der Waals surface area contributed by atoms with Gasteiger partial charge in [0.15, 0.2) is 0 Å². The van der Waals surface area contributed by atoms with Crippen molar-refractivity contribution < 1.29 is 9.84 Å². The molecule has 0 bridgehead atoms. The van der Waals surface area contributed by atoms with Gasteiger partial charge in [-0.15, -0.1) is 5.10 Å². The van der Waals surface area contributed by atoms with Crippen LogP contribution < -0.4 is 4.74 Å². The van der Waals surface area contributed by atoms with Gasteiger partial charge in [0.05, 0.1) is 31.0 Å². The molecule has 1 aromatic heterocycles. The van der Waals surface area contributed by atoms with Crippen LogP contribution >= 0.6 is 0 Å². The highest BCUT2D eigenvalue weighted by molar-refractivity contribution is 5.44. The normalized spacial score (nSPS) is 16.7. The number of nitriles is 1. The molecule has 0 aliphatic carbocycles. The Morgan fingerprint density at radius 1 is 1.53 bits per heavy atom. The molecule has 1 aliphatic rings. The van der Waals surface area contributed by atoms with Gasteiger partial charge in [-0.05, 0) is 23.8 Å². The van der Waals surface area contributed by atoms with Gasteiger partial charge in [-0.1, -0.05) is 5.21 Å². The molecule has 1 aliphatic heterocycles. The number of ether oxygens (including phenoxy) is 1. The van der Waals surface area contributed by atoms with E-state index in [0.29, 0.717) is 17.8 Å². The highest BCUT2D eigenvalue weighted by Crippen LogP contribution is 2.29. The lowest BCUT2D eigenvalue weighted by atomic mass is 10.1. The van der Waals surface area contributed by atoms with Crippen LogP contribution in [0.3, 0.4) is 0 Å². The fourth-order valence-electron chi connectivity index (χ4n) is 2.20. The zero-order valence-corrected chi connectivity index (χ0v) is 10.2. The molecule has 0 fully saturated rings. The molecule has 0 saturated carbocycles. The predicted octanol–water partition coefficient (Wildman–Crippen LogP) is 0.646. The average molecular weight is 256 g/mol. The summed E-state index contributed by atoms with van der Waals surface area (Å²) in [5.41, 5.74) is 2.24. The van der Waals surface area contributed by atoms with Crippen LogP contribution in [0.15, 0.2) is 24.4 Å². The Morgan fingerprint density at radius 3 is 3.16 bits per heavy atom. The summed E-state index contributed by atoms with van der Waals surface area (Å²) in [5.74, 6) is 0.825. The summed E-state index contributed by atoms with van der Waals surface area (Å²) in [6.45, 7) is 0.459. The zero-order valence-electron chi connectivity index (χ0n) is 10.2. The van der Waals surface area contributed by atoms with E-state index in [-0.39, 0.29) is 12.7 Å². The number of benzene rings is 1. The summed E-state index contributed by atoms with van der Waals surface area (Å²) in [5, 5.41) is 25.5. The first kappa shape index (κ1) is 11.7. The lowest BCUT2D eigenvalue weighted by molar-refractivity contribution is 0.202. The Hall–Kier alpha value is -2.39. The minimum absolute atomic E-state index is 0.0165. The first-order valence-electron chi connectivity index (χ1n) is 5.98. The summed E-state index contributed by atoms with van der Waals surface area (Å²) in [6.07, 6.45) is 2.43. The van der Waals surface area contributed by atoms with Crippen molar-refractivity contribution in [1.29, 1.82) is 5.26 Å². The van der Waals surface area contributed by atoms with Crippen molar-refractivity contribution in [2.45, 2.75) is 25.7 Å². The maximum absolute atomic E-state index is 8.93. The van der Waals surface area contributed by atoms with Gasteiger partial charge in [0, 0.05) is 6.42 Å². The molecule has 0 saturated heterocycles. The van der Waals surface area contributed by atoms with E-state index < -0.39 is 0 Å². The Morgan fingerprint density at radius 2 is 2.42 bits per heavy atom. The third kappa shape index (κ3) is 2.28. The quantitative estimate of drug-likeness (QED) is 0.871. The number of fused-ring (bicyclic) bond motifs is 1. The molecule has 19 heavy (non-hydrogen) atoms. The third-order valence-corrected chi connectivity index (χ3v) is 3.07. The van der Waals surface area contributed by atoms with E-state index >= 15 is 0 Å². The summed E-state index contributed by atoms with van der Waals surface area (Å²) in [6, 6.07) is 7.56. The molecular formula is C13H12N4O2. The second-order valence-electron chi connectivity index (χ2n) is 4.47. The molecule has 2 aromatic rings. The van der Waals surface area contributed by atoms with E-state index in [1.165, 1.54) is 0 Å². The molecule has 1 aromatic carbocycles. The number of rotatable bonds is 3. The van der Waals surface area contributed by atoms with Gasteiger partial charge in [0.25, 0.3) is 0 Å². The van der Waals surface area contributed by atoms with Gasteiger partial charge < -0.3 is 9.84 Å². The predicted molar refractivity (Wildman–Crippen MR) is 65.2 cm³/mol. The maximum Gasteiger partial charge on any atom is 0.123 e. The van der Waals surface area contributed by atoms with Crippen LogP contribution in [0.1, 0.15) is 16.8 Å². The van der Waals surface area contributed by atoms with Crippen molar-refractivity contribution >= 4 is 0 Å². The Labute approximate surface area is 109 Å². The van der Waals surface area contributed by atoms with Gasteiger partial charge in [0.1, 0.15) is 17.5 Å². The highest BCUT2D eigenvalue weighted by Gasteiger charge is 2.23. The number of hydrogen-bond donors (Lipinski definition) is 1. The lowest BCUT2D eigenvalue weighted by Crippen LogP contribution is -2.21. The van der Waals surface area contributed by atoms with E-state index in [1.54, 1.807) is 16.9 Å². The van der Waals surface area contributed by atoms with Gasteiger partial charge in [-0.3, -0.25) is 0 Å². The van der Waals surface area contributed by atoms with Crippen LogP contribution in [-0.4, -0.2) is 26.2 Å². The first-order valence-corrected chi connectivity index (χ1v) is 5.98. The van der Waals surface area contributed by atoms with Crippen LogP contribution in [0.25, 0.3) is 0 Å². The molecule has 1 N–H and O–H groups in total. The molecule has 2 heterocycles. The minimum Gasteiger partial charge on any atom is -0.488 e. The fraction of sp³-hybridized carbons (Fsp3) is 0.308. The van der Waals surface area contributed by atoms with E-state index in [2.05, 4.69) is 16.4 Å². The standard InChI is InChI=1S/C13H12N4O2/c14-5-9-1-2-13-10(3-9)4-12(19-13)7-17-6-11(8-18)15-16-17/h1-3,6,12,18H,4,7-8H2. The zero-order chi connectivity index (χ0) is 13.2. The number of aromatic nitrogens is 3. The van der Waals surface area contributed by atoms with Crippen LogP contribution in [0.2, 0.25) is 0 Å². The van der Waals surface area contributed by atoms with Gasteiger partial charge in [-0.2, -0.15) is 5.26 Å². The topological polar surface area (TPSA) is 84.0 Å². The van der Waals surface area contributed by atoms with Gasteiger partial charge in [-0.25, -0.2) is 4.68 Å². The molecule has 0 spiro atoms. The summed E-state index contributed by atoms with van der Waals surface area (Å²) < 4.78 is 7.45. The van der Waals surface area contributed by atoms with Crippen LogP contribution in [0.4, 0.5) is 0 Å². The van der Waals surface area contributed by atoms with Gasteiger partial charge >= 0.3 is 0 Å². The van der Waals surface area contributed by atoms with Crippen LogP contribution in [0, 0.1) is 11.3 Å². The molecule has 0 amide bonds. The first-order chi connectivity index (χ1) is 9.28. The lowest BCUT2D eigenvalue weighted by Gasteiger charge is -2.09. The SMILES string of the molecule is N#Cc1ccc2c(c1)CC(Cn1cc(CO)nn1)O2. The van der Waals surface area contributed by atoms with Gasteiger partial charge in [0.2, 0.25) is 0 Å². The second-order valence-corrected chi connectivity index (χ2v) is 4.47. The summed E-state index contributed by atoms with van der Waals surface area (Å²) in [7, 11) is 0. The molecule has 96 valence electrons. The van der Waals surface area contributed by atoms with Crippen molar-refractivity contribution in [3.63, 3.8) is 0 Å². The summed E-state index contributed by atoms with van der Waals surface area (Å²) in [4.78, 5) is 0. The molecule has 1 unspecified atom stereocenters. The number of aliphatic hydroxyl groups excluding tert-OH is 1. The molecule has 6 heteroatoms. The molecular weight excluding hydrogens is 244 g/mol. The Balaban J connectivity index is 1.71. The molecule has 0 radical (unpaired) electrons. The van der Waals surface area contributed by atoms with E-state index in [1.807, 2.05) is 12.1 Å². The molecule has 3 rings (SSSR count). The van der Waals surface area contributed by atoms with Crippen molar-refractivity contribution in [1.82, 2.24) is 15.0 Å². The van der Waals surface area contributed by atoms with E-state index in [9.17, 15) is 0 Å². The monoisotopic (exact) mass is 256 g/mol. The van der Waals surface area contributed by atoms with Crippen molar-refractivity contribution in [3.8, 4) is 11.8 Å². The Bertz CT molecular complexity index is 644.